The fourth-order valence-corrected chi connectivity index (χ4v) is 2.78. The van der Waals surface area contributed by atoms with Crippen LogP contribution < -0.4 is 5.32 Å². The van der Waals surface area contributed by atoms with E-state index >= 15 is 0 Å². The highest BCUT2D eigenvalue weighted by Crippen LogP contribution is 2.24. The summed E-state index contributed by atoms with van der Waals surface area (Å²) in [6, 6.07) is 8.74. The first-order chi connectivity index (χ1) is 8.97. The third-order valence-electron chi connectivity index (χ3n) is 4.19. The molecule has 2 nitrogen and oxygen atoms in total. The molecule has 1 atom stereocenters. The molecule has 0 amide bonds. The largest absolute Gasteiger partial charge is 0.392 e. The number of aliphatic hydroxyl groups is 1. The van der Waals surface area contributed by atoms with Gasteiger partial charge in [0.25, 0.3) is 0 Å². The van der Waals surface area contributed by atoms with Crippen LogP contribution in [-0.2, 0) is 11.8 Å². The maximum atomic E-state index is 10.3. The average molecular weight is 261 g/mol. The molecule has 1 aliphatic rings. The normalized spacial score (nSPS) is 19.4. The number of benzene rings is 1. The molecule has 0 aromatic heterocycles. The van der Waals surface area contributed by atoms with Crippen LogP contribution in [0.15, 0.2) is 24.3 Å². The lowest BCUT2D eigenvalue weighted by atomic mass is 9.85. The zero-order valence-electron chi connectivity index (χ0n) is 12.4. The summed E-state index contributed by atoms with van der Waals surface area (Å²) in [7, 11) is 0. The van der Waals surface area contributed by atoms with Crippen LogP contribution in [0.2, 0.25) is 0 Å². The molecular formula is C17H27NO. The molecule has 2 heteroatoms. The molecule has 0 spiro atoms. The molecule has 0 bridgehead atoms. The van der Waals surface area contributed by atoms with E-state index in [9.17, 15) is 5.11 Å². The van der Waals surface area contributed by atoms with Gasteiger partial charge in [0.1, 0.15) is 0 Å². The Balaban J connectivity index is 1.95. The lowest BCUT2D eigenvalue weighted by molar-refractivity contribution is 0.0890. The van der Waals surface area contributed by atoms with Crippen molar-refractivity contribution >= 4 is 0 Å². The zero-order valence-corrected chi connectivity index (χ0v) is 12.4. The van der Waals surface area contributed by atoms with Gasteiger partial charge in [-0.05, 0) is 54.8 Å². The van der Waals surface area contributed by atoms with Crippen molar-refractivity contribution in [1.29, 1.82) is 0 Å². The van der Waals surface area contributed by atoms with Gasteiger partial charge in [0.15, 0.2) is 0 Å². The Bertz CT molecular complexity index is 385. The Hall–Kier alpha value is -0.860. The van der Waals surface area contributed by atoms with E-state index in [2.05, 4.69) is 50.4 Å². The van der Waals surface area contributed by atoms with Crippen LogP contribution in [0.4, 0.5) is 0 Å². The summed E-state index contributed by atoms with van der Waals surface area (Å²) < 4.78 is 0. The second-order valence-corrected chi connectivity index (χ2v) is 6.81. The molecule has 19 heavy (non-hydrogen) atoms. The van der Waals surface area contributed by atoms with Gasteiger partial charge in [-0.25, -0.2) is 0 Å². The van der Waals surface area contributed by atoms with Gasteiger partial charge in [0, 0.05) is 0 Å². The summed E-state index contributed by atoms with van der Waals surface area (Å²) in [6.45, 7) is 8.78. The van der Waals surface area contributed by atoms with E-state index in [-0.39, 0.29) is 11.5 Å². The van der Waals surface area contributed by atoms with Crippen molar-refractivity contribution < 1.29 is 5.11 Å². The molecule has 1 saturated heterocycles. The Morgan fingerprint density at radius 3 is 2.26 bits per heavy atom. The van der Waals surface area contributed by atoms with Gasteiger partial charge in [-0.1, -0.05) is 45.0 Å². The lowest BCUT2D eigenvalue weighted by Crippen LogP contribution is -2.35. The number of rotatable bonds is 3. The van der Waals surface area contributed by atoms with E-state index in [1.165, 1.54) is 11.1 Å². The van der Waals surface area contributed by atoms with Crippen LogP contribution >= 0.6 is 0 Å². The van der Waals surface area contributed by atoms with Gasteiger partial charge in [-0.15, -0.1) is 0 Å². The lowest BCUT2D eigenvalue weighted by Gasteiger charge is -2.27. The number of aliphatic hydroxyl groups excluding tert-OH is 1. The smallest absolute Gasteiger partial charge is 0.0609 e. The molecule has 1 aromatic carbocycles. The summed E-state index contributed by atoms with van der Waals surface area (Å²) in [5.74, 6) is 0.462. The molecule has 0 saturated carbocycles. The summed E-state index contributed by atoms with van der Waals surface area (Å²) in [5, 5.41) is 13.7. The molecule has 1 aliphatic heterocycles. The summed E-state index contributed by atoms with van der Waals surface area (Å²) in [6.07, 6.45) is 2.79. The Morgan fingerprint density at radius 1 is 1.16 bits per heavy atom. The molecule has 0 aliphatic carbocycles. The van der Waals surface area contributed by atoms with Crippen molar-refractivity contribution in [3.63, 3.8) is 0 Å². The van der Waals surface area contributed by atoms with Crippen molar-refractivity contribution in [3.05, 3.63) is 35.4 Å². The van der Waals surface area contributed by atoms with Crippen molar-refractivity contribution in [2.24, 2.45) is 5.92 Å². The Morgan fingerprint density at radius 2 is 1.74 bits per heavy atom. The van der Waals surface area contributed by atoms with Crippen LogP contribution in [0.3, 0.4) is 0 Å². The maximum Gasteiger partial charge on any atom is 0.0609 e. The summed E-state index contributed by atoms with van der Waals surface area (Å²) in [4.78, 5) is 0. The Kier molecular flexibility index (Phi) is 4.64. The molecule has 106 valence electrons. The fraction of sp³-hybridized carbons (Fsp3) is 0.647. The summed E-state index contributed by atoms with van der Waals surface area (Å²) in [5.41, 5.74) is 2.80. The van der Waals surface area contributed by atoms with Crippen molar-refractivity contribution in [1.82, 2.24) is 5.32 Å². The quantitative estimate of drug-likeness (QED) is 0.877. The van der Waals surface area contributed by atoms with Gasteiger partial charge in [0.05, 0.1) is 6.10 Å². The predicted molar refractivity (Wildman–Crippen MR) is 80.4 cm³/mol. The minimum absolute atomic E-state index is 0.192. The molecule has 0 radical (unpaired) electrons. The van der Waals surface area contributed by atoms with Crippen LogP contribution in [0, 0.1) is 5.92 Å². The molecule has 1 aromatic rings. The van der Waals surface area contributed by atoms with E-state index in [1.807, 2.05) is 0 Å². The van der Waals surface area contributed by atoms with E-state index in [0.29, 0.717) is 5.92 Å². The van der Waals surface area contributed by atoms with Crippen molar-refractivity contribution in [2.45, 2.75) is 51.6 Å². The third-order valence-corrected chi connectivity index (χ3v) is 4.19. The van der Waals surface area contributed by atoms with Gasteiger partial charge in [-0.3, -0.25) is 0 Å². The van der Waals surface area contributed by atoms with Gasteiger partial charge < -0.3 is 10.4 Å². The molecule has 1 fully saturated rings. The second-order valence-electron chi connectivity index (χ2n) is 6.81. The highest BCUT2D eigenvalue weighted by Gasteiger charge is 2.21. The van der Waals surface area contributed by atoms with Crippen LogP contribution in [0.1, 0.15) is 44.7 Å². The third kappa shape index (κ3) is 4.05. The van der Waals surface area contributed by atoms with Crippen LogP contribution in [-0.4, -0.2) is 24.3 Å². The zero-order chi connectivity index (χ0) is 13.9. The van der Waals surface area contributed by atoms with E-state index in [4.69, 9.17) is 0 Å². The first kappa shape index (κ1) is 14.5. The van der Waals surface area contributed by atoms with Crippen LogP contribution in [0.5, 0.6) is 0 Å². The number of piperidine rings is 1. The van der Waals surface area contributed by atoms with Crippen molar-refractivity contribution in [3.8, 4) is 0 Å². The molecule has 1 heterocycles. The van der Waals surface area contributed by atoms with Gasteiger partial charge >= 0.3 is 0 Å². The molecular weight excluding hydrogens is 234 g/mol. The van der Waals surface area contributed by atoms with E-state index in [0.717, 1.165) is 32.4 Å². The fourth-order valence-electron chi connectivity index (χ4n) is 2.78. The van der Waals surface area contributed by atoms with E-state index in [1.54, 1.807) is 0 Å². The average Bonchev–Trinajstić information content (AvgIpc) is 2.39. The number of hydrogen-bond donors (Lipinski definition) is 2. The standard InChI is InChI=1S/C17H27NO/c1-17(2,3)15-6-4-13(5-7-15)12-16(19)14-8-10-18-11-9-14/h4-7,14,16,18-19H,8-12H2,1-3H3. The molecule has 1 unspecified atom stereocenters. The Labute approximate surface area is 117 Å². The highest BCUT2D eigenvalue weighted by molar-refractivity contribution is 5.27. The monoisotopic (exact) mass is 261 g/mol. The second kappa shape index (κ2) is 6.06. The number of nitrogens with one attached hydrogen (secondary N) is 1. The van der Waals surface area contributed by atoms with Gasteiger partial charge in [0.2, 0.25) is 0 Å². The minimum Gasteiger partial charge on any atom is -0.392 e. The van der Waals surface area contributed by atoms with Crippen LogP contribution in [0.25, 0.3) is 0 Å². The molecule has 2 rings (SSSR count). The van der Waals surface area contributed by atoms with Crippen molar-refractivity contribution in [2.75, 3.05) is 13.1 Å². The SMILES string of the molecule is CC(C)(C)c1ccc(CC(O)C2CCNCC2)cc1. The highest BCUT2D eigenvalue weighted by atomic mass is 16.3. The molecule has 2 N–H and O–H groups in total. The maximum absolute atomic E-state index is 10.3. The van der Waals surface area contributed by atoms with E-state index < -0.39 is 0 Å². The first-order valence-electron chi connectivity index (χ1n) is 7.45. The predicted octanol–water partition coefficient (Wildman–Crippen LogP) is 2.89. The first-order valence-corrected chi connectivity index (χ1v) is 7.45. The van der Waals surface area contributed by atoms with Gasteiger partial charge in [-0.2, -0.15) is 0 Å². The number of hydrogen-bond acceptors (Lipinski definition) is 2. The minimum atomic E-state index is -0.192. The summed E-state index contributed by atoms with van der Waals surface area (Å²) >= 11 is 0. The topological polar surface area (TPSA) is 32.3 Å².